The van der Waals surface area contributed by atoms with E-state index in [0.717, 1.165) is 88.8 Å². The Morgan fingerprint density at radius 3 is 1.74 bits per heavy atom. The summed E-state index contributed by atoms with van der Waals surface area (Å²) in [5, 5.41) is 6.33. The third-order valence-corrected chi connectivity index (χ3v) is 9.48. The number of furan rings is 2. The van der Waals surface area contributed by atoms with Gasteiger partial charge in [0.2, 0.25) is 0 Å². The number of hydrogen-bond acceptors (Lipinski definition) is 5. The second-order valence-corrected chi connectivity index (χ2v) is 12.4. The van der Waals surface area contributed by atoms with Crippen LogP contribution in [0.5, 0.6) is 0 Å². The van der Waals surface area contributed by atoms with E-state index in [2.05, 4.69) is 148 Å². The lowest BCUT2D eigenvalue weighted by atomic mass is 10.0. The number of anilines is 6. The lowest BCUT2D eigenvalue weighted by Crippen LogP contribution is -2.13. The van der Waals surface area contributed by atoms with E-state index < -0.39 is 0 Å². The largest absolute Gasteiger partial charge is 0.456 e. The molecule has 5 heteroatoms. The molecule has 0 amide bonds. The quantitative estimate of drug-likeness (QED) is 0.180. The molecule has 236 valence electrons. The fourth-order valence-electron chi connectivity index (χ4n) is 7.33. The molecular formula is C45H29N3O2. The molecule has 0 bridgehead atoms. The van der Waals surface area contributed by atoms with E-state index in [-0.39, 0.29) is 0 Å². The minimum atomic E-state index is 0.799. The number of aromatic nitrogens is 1. The van der Waals surface area contributed by atoms with Crippen molar-refractivity contribution in [2.24, 2.45) is 0 Å². The van der Waals surface area contributed by atoms with Gasteiger partial charge in [0.1, 0.15) is 16.7 Å². The topological polar surface area (TPSA) is 45.7 Å². The van der Waals surface area contributed by atoms with Crippen molar-refractivity contribution in [3.8, 4) is 0 Å². The van der Waals surface area contributed by atoms with Crippen molar-refractivity contribution < 1.29 is 8.83 Å². The van der Waals surface area contributed by atoms with Crippen LogP contribution in [0.2, 0.25) is 0 Å². The summed E-state index contributed by atoms with van der Waals surface area (Å²) in [5.74, 6) is 0. The molecular weight excluding hydrogens is 615 g/mol. The van der Waals surface area contributed by atoms with Gasteiger partial charge in [-0.15, -0.1) is 0 Å². The van der Waals surface area contributed by atoms with Gasteiger partial charge in [-0.25, -0.2) is 0 Å². The van der Waals surface area contributed by atoms with E-state index in [1.807, 2.05) is 42.7 Å². The molecule has 3 aromatic heterocycles. The van der Waals surface area contributed by atoms with Crippen LogP contribution in [0.1, 0.15) is 0 Å². The molecule has 0 radical (unpaired) electrons. The first-order valence-electron chi connectivity index (χ1n) is 16.7. The van der Waals surface area contributed by atoms with E-state index in [1.165, 1.54) is 0 Å². The van der Waals surface area contributed by atoms with Crippen LogP contribution in [0.3, 0.4) is 0 Å². The minimum absolute atomic E-state index is 0.799. The van der Waals surface area contributed by atoms with Crippen molar-refractivity contribution in [3.63, 3.8) is 0 Å². The van der Waals surface area contributed by atoms with E-state index >= 15 is 0 Å². The SMILES string of the molecule is c1ccc(N(c2ccccc2)c2cc(N(c3ccccc3)c3cccc4oc5ccccc5c34)cc3c2oc2ccc4ccncc4c23)cc1. The summed E-state index contributed by atoms with van der Waals surface area (Å²) >= 11 is 0. The Kier molecular flexibility index (Phi) is 6.42. The summed E-state index contributed by atoms with van der Waals surface area (Å²) in [7, 11) is 0. The predicted octanol–water partition coefficient (Wildman–Crippen LogP) is 13.0. The van der Waals surface area contributed by atoms with Gasteiger partial charge in [-0.2, -0.15) is 0 Å². The molecule has 7 aromatic carbocycles. The Labute approximate surface area is 287 Å². The number of benzene rings is 7. The number of hydrogen-bond donors (Lipinski definition) is 0. The predicted molar refractivity (Wildman–Crippen MR) is 206 cm³/mol. The lowest BCUT2D eigenvalue weighted by Gasteiger charge is -2.30. The van der Waals surface area contributed by atoms with Crippen molar-refractivity contribution in [1.29, 1.82) is 0 Å². The van der Waals surface area contributed by atoms with Crippen molar-refractivity contribution >= 4 is 88.8 Å². The van der Waals surface area contributed by atoms with Crippen molar-refractivity contribution in [3.05, 3.63) is 176 Å². The number of pyridine rings is 1. The zero-order valence-corrected chi connectivity index (χ0v) is 26.9. The van der Waals surface area contributed by atoms with Crippen LogP contribution in [0, 0.1) is 0 Å². The molecule has 0 N–H and O–H groups in total. The molecule has 5 nitrogen and oxygen atoms in total. The van der Waals surface area contributed by atoms with Gasteiger partial charge >= 0.3 is 0 Å². The molecule has 0 saturated carbocycles. The highest BCUT2D eigenvalue weighted by molar-refractivity contribution is 6.22. The Morgan fingerprint density at radius 2 is 1.02 bits per heavy atom. The second kappa shape index (κ2) is 11.4. The van der Waals surface area contributed by atoms with Crippen molar-refractivity contribution in [2.75, 3.05) is 9.80 Å². The Morgan fingerprint density at radius 1 is 0.400 bits per heavy atom. The maximum Gasteiger partial charge on any atom is 0.159 e. The van der Waals surface area contributed by atoms with Gasteiger partial charge < -0.3 is 18.6 Å². The van der Waals surface area contributed by atoms with E-state index in [1.54, 1.807) is 0 Å². The van der Waals surface area contributed by atoms with Crippen LogP contribution in [0.4, 0.5) is 34.1 Å². The number of para-hydroxylation sites is 4. The average Bonchev–Trinajstić information content (AvgIpc) is 3.76. The molecule has 50 heavy (non-hydrogen) atoms. The van der Waals surface area contributed by atoms with Gasteiger partial charge in [-0.05, 0) is 84.2 Å². The third-order valence-electron chi connectivity index (χ3n) is 9.48. The molecule has 10 aromatic rings. The van der Waals surface area contributed by atoms with Crippen LogP contribution in [0.25, 0.3) is 54.6 Å². The van der Waals surface area contributed by atoms with E-state index in [0.29, 0.717) is 0 Å². The first-order chi connectivity index (χ1) is 24.8. The van der Waals surface area contributed by atoms with Gasteiger partial charge in [-0.1, -0.05) is 84.9 Å². The van der Waals surface area contributed by atoms with Crippen LogP contribution in [0.15, 0.2) is 185 Å². The second-order valence-electron chi connectivity index (χ2n) is 12.4. The van der Waals surface area contributed by atoms with Crippen molar-refractivity contribution in [1.82, 2.24) is 4.98 Å². The van der Waals surface area contributed by atoms with Gasteiger partial charge in [0.15, 0.2) is 5.58 Å². The van der Waals surface area contributed by atoms with Gasteiger partial charge in [0, 0.05) is 56.7 Å². The van der Waals surface area contributed by atoms with E-state index in [9.17, 15) is 0 Å². The smallest absolute Gasteiger partial charge is 0.159 e. The summed E-state index contributed by atoms with van der Waals surface area (Å²) in [6, 6.07) is 56.8. The fraction of sp³-hybridized carbons (Fsp3) is 0. The number of rotatable bonds is 6. The highest BCUT2D eigenvalue weighted by atomic mass is 16.3. The molecule has 0 atom stereocenters. The standard InChI is InChI=1S/C45H29N3O2/c1-4-13-31(14-5-1)47(32-15-6-2-7-16-32)39-28-34(27-36-43-37-29-46-26-25-30(37)23-24-42(43)50-45(36)39)48(33-17-8-3-9-18-33)38-20-12-22-41-44(38)35-19-10-11-21-40(35)49-41/h1-29H. The van der Waals surface area contributed by atoms with E-state index in [4.69, 9.17) is 8.83 Å². The molecule has 0 aliphatic heterocycles. The molecule has 10 rings (SSSR count). The minimum Gasteiger partial charge on any atom is -0.456 e. The highest BCUT2D eigenvalue weighted by Gasteiger charge is 2.25. The fourth-order valence-corrected chi connectivity index (χ4v) is 7.33. The molecule has 0 fully saturated rings. The van der Waals surface area contributed by atoms with Crippen LogP contribution >= 0.6 is 0 Å². The number of nitrogens with zero attached hydrogens (tertiary/aromatic N) is 3. The first-order valence-corrected chi connectivity index (χ1v) is 16.7. The summed E-state index contributed by atoms with van der Waals surface area (Å²) in [6.07, 6.45) is 3.78. The lowest BCUT2D eigenvalue weighted by molar-refractivity contribution is 0.668. The summed E-state index contributed by atoms with van der Waals surface area (Å²) in [5.41, 5.74) is 9.32. The summed E-state index contributed by atoms with van der Waals surface area (Å²) in [4.78, 5) is 9.16. The Hall–Kier alpha value is -6.85. The van der Waals surface area contributed by atoms with Crippen LogP contribution < -0.4 is 9.80 Å². The van der Waals surface area contributed by atoms with Gasteiger partial charge in [-0.3, -0.25) is 4.98 Å². The normalized spacial score (nSPS) is 11.6. The number of fused-ring (bicyclic) bond motifs is 8. The molecule has 0 aliphatic carbocycles. The van der Waals surface area contributed by atoms with Gasteiger partial charge in [0.25, 0.3) is 0 Å². The maximum absolute atomic E-state index is 6.87. The van der Waals surface area contributed by atoms with Crippen LogP contribution in [-0.4, -0.2) is 4.98 Å². The summed E-state index contributed by atoms with van der Waals surface area (Å²) in [6.45, 7) is 0. The maximum atomic E-state index is 6.87. The van der Waals surface area contributed by atoms with Gasteiger partial charge in [0.05, 0.1) is 16.8 Å². The molecule has 0 spiro atoms. The summed E-state index contributed by atoms with van der Waals surface area (Å²) < 4.78 is 13.3. The first kappa shape index (κ1) is 28.2. The zero-order chi connectivity index (χ0) is 33.0. The molecule has 0 saturated heterocycles. The molecule has 0 unspecified atom stereocenters. The monoisotopic (exact) mass is 643 g/mol. The molecule has 3 heterocycles. The highest BCUT2D eigenvalue weighted by Crippen LogP contribution is 2.49. The van der Waals surface area contributed by atoms with Crippen LogP contribution in [-0.2, 0) is 0 Å². The van der Waals surface area contributed by atoms with Crippen molar-refractivity contribution in [2.45, 2.75) is 0 Å². The third kappa shape index (κ3) is 4.45. The Balaban J connectivity index is 1.36. The Bertz CT molecular complexity index is 2790. The molecule has 0 aliphatic rings. The zero-order valence-electron chi connectivity index (χ0n) is 26.9. The average molecular weight is 644 g/mol.